The Kier molecular flexibility index (Phi) is 5.06. The molecule has 1 aromatic carbocycles. The van der Waals surface area contributed by atoms with E-state index in [1.54, 1.807) is 0 Å². The SMILES string of the molecule is NC1CC(N2CCn3c(nnc3C(F)(F)F)C2)CC[C@@H]1c1cc(F)c(F)cc1F. The number of hydrogen-bond donors (Lipinski definition) is 1. The molecule has 2 heterocycles. The summed E-state index contributed by atoms with van der Waals surface area (Å²) < 4.78 is 80.8. The van der Waals surface area contributed by atoms with Gasteiger partial charge in [-0.1, -0.05) is 0 Å². The molecule has 29 heavy (non-hydrogen) atoms. The third-order valence-electron chi connectivity index (χ3n) is 5.86. The molecule has 0 bridgehead atoms. The van der Waals surface area contributed by atoms with E-state index in [9.17, 15) is 26.3 Å². The summed E-state index contributed by atoms with van der Waals surface area (Å²) in [6.45, 7) is 0.713. The standard InChI is InChI=1S/C18H19F6N5/c19-12-7-14(21)13(20)6-11(12)10-2-1-9(5-15(10)25)28-3-4-29-16(8-28)26-27-17(29)18(22,23)24/h6-7,9-10,15H,1-5,8,25H2/t9?,10-,15?/m1/s1. The van der Waals surface area contributed by atoms with Crippen molar-refractivity contribution in [2.45, 2.75) is 56.5 Å². The van der Waals surface area contributed by atoms with E-state index < -0.39 is 41.4 Å². The number of hydrogen-bond acceptors (Lipinski definition) is 4. The monoisotopic (exact) mass is 419 g/mol. The lowest BCUT2D eigenvalue weighted by Crippen LogP contribution is -2.48. The Morgan fingerprint density at radius 2 is 1.69 bits per heavy atom. The Labute approximate surface area is 162 Å². The van der Waals surface area contributed by atoms with E-state index in [0.717, 1.165) is 10.6 Å². The lowest BCUT2D eigenvalue weighted by atomic mass is 9.77. The van der Waals surface area contributed by atoms with Gasteiger partial charge < -0.3 is 10.3 Å². The quantitative estimate of drug-likeness (QED) is 0.600. The van der Waals surface area contributed by atoms with Crippen LogP contribution in [0.1, 0.15) is 42.4 Å². The van der Waals surface area contributed by atoms with E-state index >= 15 is 0 Å². The molecule has 2 aliphatic rings. The van der Waals surface area contributed by atoms with Crippen LogP contribution in [0.25, 0.3) is 0 Å². The summed E-state index contributed by atoms with van der Waals surface area (Å²) in [5.74, 6) is -4.40. The molecule has 1 aliphatic carbocycles. The molecule has 11 heteroatoms. The maximum atomic E-state index is 14.1. The second-order valence-corrected chi connectivity index (χ2v) is 7.58. The number of aromatic nitrogens is 3. The van der Waals surface area contributed by atoms with Crippen molar-refractivity contribution in [3.8, 4) is 0 Å². The van der Waals surface area contributed by atoms with Crippen LogP contribution in [0, 0.1) is 17.5 Å². The lowest BCUT2D eigenvalue weighted by molar-refractivity contribution is -0.148. The number of halogens is 6. The van der Waals surface area contributed by atoms with Crippen LogP contribution >= 0.6 is 0 Å². The molecule has 1 saturated carbocycles. The summed E-state index contributed by atoms with van der Waals surface area (Å²) in [4.78, 5) is 2.00. The average molecular weight is 419 g/mol. The number of nitrogens with two attached hydrogens (primary N) is 1. The average Bonchev–Trinajstić information content (AvgIpc) is 3.08. The van der Waals surface area contributed by atoms with Crippen molar-refractivity contribution in [1.29, 1.82) is 0 Å². The first kappa shape index (κ1) is 20.1. The highest BCUT2D eigenvalue weighted by molar-refractivity contribution is 5.26. The molecule has 1 aliphatic heterocycles. The molecule has 2 unspecified atom stereocenters. The van der Waals surface area contributed by atoms with Crippen LogP contribution in [-0.2, 0) is 19.3 Å². The minimum atomic E-state index is -4.55. The van der Waals surface area contributed by atoms with Crippen molar-refractivity contribution in [2.24, 2.45) is 5.73 Å². The zero-order chi connectivity index (χ0) is 20.9. The largest absolute Gasteiger partial charge is 0.451 e. The van der Waals surface area contributed by atoms with Crippen LogP contribution < -0.4 is 5.73 Å². The Morgan fingerprint density at radius 3 is 2.38 bits per heavy atom. The van der Waals surface area contributed by atoms with Crippen LogP contribution in [-0.4, -0.2) is 38.3 Å². The third-order valence-corrected chi connectivity index (χ3v) is 5.86. The Morgan fingerprint density at radius 1 is 0.966 bits per heavy atom. The highest BCUT2D eigenvalue weighted by atomic mass is 19.4. The van der Waals surface area contributed by atoms with Crippen molar-refractivity contribution in [3.63, 3.8) is 0 Å². The van der Waals surface area contributed by atoms with Gasteiger partial charge >= 0.3 is 6.18 Å². The minimum absolute atomic E-state index is 0.0191. The van der Waals surface area contributed by atoms with Crippen LogP contribution in [0.5, 0.6) is 0 Å². The first-order valence-corrected chi connectivity index (χ1v) is 9.28. The van der Waals surface area contributed by atoms with Crippen LogP contribution in [0.2, 0.25) is 0 Å². The number of fused-ring (bicyclic) bond motifs is 1. The number of nitrogens with zero attached hydrogens (tertiary/aromatic N) is 4. The van der Waals surface area contributed by atoms with Gasteiger partial charge in [0.2, 0.25) is 5.82 Å². The van der Waals surface area contributed by atoms with Gasteiger partial charge in [0.05, 0.1) is 6.54 Å². The highest BCUT2D eigenvalue weighted by Gasteiger charge is 2.41. The van der Waals surface area contributed by atoms with Gasteiger partial charge in [0.1, 0.15) is 11.6 Å². The van der Waals surface area contributed by atoms with E-state index in [0.29, 0.717) is 31.9 Å². The van der Waals surface area contributed by atoms with E-state index in [4.69, 9.17) is 5.73 Å². The molecule has 3 atom stereocenters. The van der Waals surface area contributed by atoms with Crippen molar-refractivity contribution >= 4 is 0 Å². The molecular weight excluding hydrogens is 400 g/mol. The second kappa shape index (κ2) is 7.28. The first-order valence-electron chi connectivity index (χ1n) is 9.28. The van der Waals surface area contributed by atoms with E-state index in [1.807, 2.05) is 4.90 Å². The van der Waals surface area contributed by atoms with Crippen molar-refractivity contribution in [2.75, 3.05) is 6.54 Å². The van der Waals surface area contributed by atoms with Gasteiger partial charge in [-0.15, -0.1) is 10.2 Å². The van der Waals surface area contributed by atoms with E-state index in [2.05, 4.69) is 10.2 Å². The molecule has 1 fully saturated rings. The molecule has 0 radical (unpaired) electrons. The third kappa shape index (κ3) is 3.73. The second-order valence-electron chi connectivity index (χ2n) is 7.58. The van der Waals surface area contributed by atoms with Gasteiger partial charge in [-0.2, -0.15) is 13.2 Å². The van der Waals surface area contributed by atoms with Gasteiger partial charge in [0, 0.05) is 37.2 Å². The minimum Gasteiger partial charge on any atom is -0.327 e. The lowest BCUT2D eigenvalue weighted by Gasteiger charge is -2.41. The Hall–Kier alpha value is -2.14. The summed E-state index contributed by atoms with van der Waals surface area (Å²) in [5, 5.41) is 6.94. The first-order chi connectivity index (χ1) is 13.6. The molecule has 0 amide bonds. The summed E-state index contributed by atoms with van der Waals surface area (Å²) in [7, 11) is 0. The molecular formula is C18H19F6N5. The highest BCUT2D eigenvalue weighted by Crippen LogP contribution is 2.37. The molecule has 1 aromatic heterocycles. The zero-order valence-corrected chi connectivity index (χ0v) is 15.3. The van der Waals surface area contributed by atoms with Gasteiger partial charge in [-0.25, -0.2) is 13.2 Å². The Balaban J connectivity index is 1.46. The predicted molar refractivity (Wildman–Crippen MR) is 90.1 cm³/mol. The topological polar surface area (TPSA) is 60.0 Å². The molecule has 0 saturated heterocycles. The molecule has 158 valence electrons. The summed E-state index contributed by atoms with van der Waals surface area (Å²) in [6, 6.07) is 0.879. The number of alkyl halides is 3. The van der Waals surface area contributed by atoms with E-state index in [-0.39, 0.29) is 30.5 Å². The molecule has 5 nitrogen and oxygen atoms in total. The fraction of sp³-hybridized carbons (Fsp3) is 0.556. The summed E-state index contributed by atoms with van der Waals surface area (Å²) >= 11 is 0. The fourth-order valence-corrected chi connectivity index (χ4v) is 4.42. The Bertz CT molecular complexity index is 911. The maximum Gasteiger partial charge on any atom is 0.451 e. The summed E-state index contributed by atoms with van der Waals surface area (Å²) in [5.41, 5.74) is 6.29. The normalized spacial score (nSPS) is 25.8. The van der Waals surface area contributed by atoms with Crippen molar-refractivity contribution < 1.29 is 26.3 Å². The smallest absolute Gasteiger partial charge is 0.327 e. The molecule has 4 rings (SSSR count). The van der Waals surface area contributed by atoms with Gasteiger partial charge in [-0.05, 0) is 30.9 Å². The predicted octanol–water partition coefficient (Wildman–Crippen LogP) is 3.19. The number of benzene rings is 1. The van der Waals surface area contributed by atoms with Gasteiger partial charge in [-0.3, -0.25) is 4.90 Å². The van der Waals surface area contributed by atoms with Crippen LogP contribution in [0.15, 0.2) is 12.1 Å². The molecule has 0 spiro atoms. The maximum absolute atomic E-state index is 14.1. The van der Waals surface area contributed by atoms with Crippen LogP contribution in [0.4, 0.5) is 26.3 Å². The van der Waals surface area contributed by atoms with Crippen molar-refractivity contribution in [1.82, 2.24) is 19.7 Å². The van der Waals surface area contributed by atoms with Gasteiger partial charge in [0.25, 0.3) is 0 Å². The molecule has 2 aromatic rings. The zero-order valence-electron chi connectivity index (χ0n) is 15.3. The van der Waals surface area contributed by atoms with Crippen molar-refractivity contribution in [3.05, 3.63) is 46.8 Å². The number of rotatable bonds is 2. The van der Waals surface area contributed by atoms with Crippen LogP contribution in [0.3, 0.4) is 0 Å². The fourth-order valence-electron chi connectivity index (χ4n) is 4.42. The summed E-state index contributed by atoms with van der Waals surface area (Å²) in [6.07, 6.45) is -3.02. The van der Waals surface area contributed by atoms with Gasteiger partial charge in [0.15, 0.2) is 11.6 Å². The molecule has 2 N–H and O–H groups in total. The van der Waals surface area contributed by atoms with E-state index in [1.165, 1.54) is 0 Å².